The Morgan fingerprint density at radius 2 is 1.71 bits per heavy atom. The SMILES string of the molecule is CCC(C)(CC(=O)OCC12CC3CC(CC(C3)C1)C2)C(=O)OC1CCCCO1. The molecule has 1 aliphatic heterocycles. The molecule has 0 aromatic rings. The maximum Gasteiger partial charge on any atom is 0.314 e. The average molecular weight is 393 g/mol. The lowest BCUT2D eigenvalue weighted by atomic mass is 9.50. The number of hydrogen-bond acceptors (Lipinski definition) is 5. The van der Waals surface area contributed by atoms with E-state index in [-0.39, 0.29) is 23.8 Å². The van der Waals surface area contributed by atoms with E-state index in [9.17, 15) is 9.59 Å². The number of esters is 2. The van der Waals surface area contributed by atoms with Crippen molar-refractivity contribution < 1.29 is 23.8 Å². The quantitative estimate of drug-likeness (QED) is 0.592. The van der Waals surface area contributed by atoms with Crippen molar-refractivity contribution in [1.82, 2.24) is 0 Å². The minimum Gasteiger partial charge on any atom is -0.465 e. The van der Waals surface area contributed by atoms with Gasteiger partial charge in [0.1, 0.15) is 0 Å². The standard InChI is InChI=1S/C23H36O5/c1-3-22(2,21(25)28-20-6-4-5-7-26-20)14-19(24)27-15-23-11-16-8-17(12-23)10-18(9-16)13-23/h16-18,20H,3-15H2,1-2H3. The van der Waals surface area contributed by atoms with Crippen molar-refractivity contribution in [3.8, 4) is 0 Å². The van der Waals surface area contributed by atoms with Gasteiger partial charge in [-0.2, -0.15) is 0 Å². The Morgan fingerprint density at radius 3 is 2.25 bits per heavy atom. The van der Waals surface area contributed by atoms with Gasteiger partial charge in [0.05, 0.1) is 25.0 Å². The lowest BCUT2D eigenvalue weighted by Crippen LogP contribution is -2.48. The van der Waals surface area contributed by atoms with Gasteiger partial charge in [-0.15, -0.1) is 0 Å². The second-order valence-electron chi connectivity index (χ2n) is 10.4. The van der Waals surface area contributed by atoms with E-state index >= 15 is 0 Å². The Labute approximate surface area is 168 Å². The molecule has 158 valence electrons. The summed E-state index contributed by atoms with van der Waals surface area (Å²) in [5, 5.41) is 0. The summed E-state index contributed by atoms with van der Waals surface area (Å²) in [7, 11) is 0. The Bertz CT molecular complexity index is 559. The molecule has 5 aliphatic rings. The highest BCUT2D eigenvalue weighted by molar-refractivity contribution is 5.83. The average Bonchev–Trinajstić information content (AvgIpc) is 2.66. The molecule has 1 saturated heterocycles. The largest absolute Gasteiger partial charge is 0.465 e. The number of ether oxygens (including phenoxy) is 3. The summed E-state index contributed by atoms with van der Waals surface area (Å²) in [5.74, 6) is 1.93. The molecule has 0 spiro atoms. The molecule has 5 nitrogen and oxygen atoms in total. The van der Waals surface area contributed by atoms with Gasteiger partial charge >= 0.3 is 11.9 Å². The Kier molecular flexibility index (Phi) is 5.74. The Morgan fingerprint density at radius 1 is 1.07 bits per heavy atom. The van der Waals surface area contributed by atoms with Gasteiger partial charge < -0.3 is 14.2 Å². The van der Waals surface area contributed by atoms with Gasteiger partial charge in [0.2, 0.25) is 6.29 Å². The predicted octanol–water partition coefficient (Wildman–Crippen LogP) is 4.62. The molecule has 4 aliphatic carbocycles. The van der Waals surface area contributed by atoms with Gasteiger partial charge in [0.25, 0.3) is 0 Å². The van der Waals surface area contributed by atoms with Crippen molar-refractivity contribution >= 4 is 11.9 Å². The van der Waals surface area contributed by atoms with Gasteiger partial charge in [-0.3, -0.25) is 9.59 Å². The highest BCUT2D eigenvalue weighted by Gasteiger charge is 2.51. The van der Waals surface area contributed by atoms with Crippen molar-refractivity contribution in [2.24, 2.45) is 28.6 Å². The van der Waals surface area contributed by atoms with Gasteiger partial charge in [-0.05, 0) is 82.5 Å². The first-order valence-corrected chi connectivity index (χ1v) is 11.4. The molecule has 5 fully saturated rings. The topological polar surface area (TPSA) is 61.8 Å². The third kappa shape index (κ3) is 4.24. The van der Waals surface area contributed by atoms with Crippen molar-refractivity contribution in [2.75, 3.05) is 13.2 Å². The second kappa shape index (κ2) is 7.97. The zero-order chi connectivity index (χ0) is 19.8. The highest BCUT2D eigenvalue weighted by Crippen LogP contribution is 2.60. The van der Waals surface area contributed by atoms with Crippen LogP contribution in [0.2, 0.25) is 0 Å². The molecule has 0 N–H and O–H groups in total. The van der Waals surface area contributed by atoms with Gasteiger partial charge in [-0.1, -0.05) is 6.92 Å². The summed E-state index contributed by atoms with van der Waals surface area (Å²) in [6.07, 6.45) is 10.7. The first kappa shape index (κ1) is 20.2. The zero-order valence-electron chi connectivity index (χ0n) is 17.5. The summed E-state index contributed by atoms with van der Waals surface area (Å²) in [6, 6.07) is 0. The molecule has 0 aromatic carbocycles. The number of rotatable bonds is 7. The fourth-order valence-corrected chi connectivity index (χ4v) is 6.48. The first-order chi connectivity index (χ1) is 13.4. The summed E-state index contributed by atoms with van der Waals surface area (Å²) in [4.78, 5) is 25.4. The van der Waals surface area contributed by atoms with Crippen LogP contribution in [0.25, 0.3) is 0 Å². The number of hydrogen-bond donors (Lipinski definition) is 0. The Balaban J connectivity index is 1.29. The summed E-state index contributed by atoms with van der Waals surface area (Å²) < 4.78 is 16.9. The van der Waals surface area contributed by atoms with Crippen LogP contribution in [0.5, 0.6) is 0 Å². The van der Waals surface area contributed by atoms with E-state index in [1.807, 2.05) is 13.8 Å². The van der Waals surface area contributed by atoms with E-state index < -0.39 is 11.7 Å². The lowest BCUT2D eigenvalue weighted by Gasteiger charge is -2.56. The third-order valence-electron chi connectivity index (χ3n) is 7.89. The van der Waals surface area contributed by atoms with Gasteiger partial charge in [0, 0.05) is 11.8 Å². The fourth-order valence-electron chi connectivity index (χ4n) is 6.48. The van der Waals surface area contributed by atoms with Gasteiger partial charge in [0.15, 0.2) is 0 Å². The van der Waals surface area contributed by atoms with Crippen LogP contribution in [0.1, 0.15) is 84.5 Å². The van der Waals surface area contributed by atoms with Crippen molar-refractivity contribution in [2.45, 2.75) is 90.8 Å². The fraction of sp³-hybridized carbons (Fsp3) is 0.913. The summed E-state index contributed by atoms with van der Waals surface area (Å²) in [5.41, 5.74) is -0.636. The monoisotopic (exact) mass is 392 g/mol. The van der Waals surface area contributed by atoms with Gasteiger partial charge in [-0.25, -0.2) is 0 Å². The van der Waals surface area contributed by atoms with E-state index in [1.165, 1.54) is 38.5 Å². The first-order valence-electron chi connectivity index (χ1n) is 11.4. The molecule has 2 atom stereocenters. The molecule has 28 heavy (non-hydrogen) atoms. The van der Waals surface area contributed by atoms with E-state index in [2.05, 4.69) is 0 Å². The molecule has 2 unspecified atom stereocenters. The molecule has 0 amide bonds. The smallest absolute Gasteiger partial charge is 0.314 e. The van der Waals surface area contributed by atoms with Crippen LogP contribution in [0.4, 0.5) is 0 Å². The highest BCUT2D eigenvalue weighted by atomic mass is 16.7. The number of carbonyl (C=O) groups is 2. The Hall–Kier alpha value is -1.10. The molecule has 4 bridgehead atoms. The molecule has 1 heterocycles. The molecule has 0 radical (unpaired) electrons. The van der Waals surface area contributed by atoms with Crippen molar-refractivity contribution in [3.63, 3.8) is 0 Å². The molecule has 4 saturated carbocycles. The number of carbonyl (C=O) groups excluding carboxylic acids is 2. The van der Waals surface area contributed by atoms with E-state index in [1.54, 1.807) is 0 Å². The van der Waals surface area contributed by atoms with E-state index in [0.717, 1.165) is 37.0 Å². The molecular weight excluding hydrogens is 356 g/mol. The maximum absolute atomic E-state index is 12.7. The third-order valence-corrected chi connectivity index (χ3v) is 7.89. The van der Waals surface area contributed by atoms with Crippen LogP contribution in [-0.4, -0.2) is 31.4 Å². The van der Waals surface area contributed by atoms with E-state index in [4.69, 9.17) is 14.2 Å². The lowest BCUT2D eigenvalue weighted by molar-refractivity contribution is -0.199. The molecule has 5 heteroatoms. The minimum atomic E-state index is -0.848. The van der Waals surface area contributed by atoms with Crippen LogP contribution < -0.4 is 0 Å². The molecule has 5 rings (SSSR count). The predicted molar refractivity (Wildman–Crippen MR) is 104 cm³/mol. The summed E-state index contributed by atoms with van der Waals surface area (Å²) >= 11 is 0. The normalized spacial score (nSPS) is 38.6. The van der Waals surface area contributed by atoms with Crippen LogP contribution in [-0.2, 0) is 23.8 Å². The zero-order valence-corrected chi connectivity index (χ0v) is 17.5. The van der Waals surface area contributed by atoms with Crippen molar-refractivity contribution in [3.05, 3.63) is 0 Å². The molecule has 0 aromatic heterocycles. The van der Waals surface area contributed by atoms with Crippen molar-refractivity contribution in [1.29, 1.82) is 0 Å². The minimum absolute atomic E-state index is 0.0847. The molecular formula is C23H36O5. The van der Waals surface area contributed by atoms with Crippen LogP contribution in [0, 0.1) is 28.6 Å². The van der Waals surface area contributed by atoms with Crippen LogP contribution in [0.3, 0.4) is 0 Å². The maximum atomic E-state index is 12.7. The van der Waals surface area contributed by atoms with Crippen LogP contribution >= 0.6 is 0 Å². The second-order valence-corrected chi connectivity index (χ2v) is 10.4. The van der Waals surface area contributed by atoms with E-state index in [0.29, 0.717) is 19.6 Å². The summed E-state index contributed by atoms with van der Waals surface area (Å²) in [6.45, 7) is 4.91. The van der Waals surface area contributed by atoms with Crippen LogP contribution in [0.15, 0.2) is 0 Å².